The number of halogens is 1. The number of benzene rings is 1. The maximum Gasteiger partial charge on any atom is 0.317 e. The third kappa shape index (κ3) is 3.89. The van der Waals surface area contributed by atoms with E-state index in [1.54, 1.807) is 26.1 Å². The number of carbonyl (C=O) groups excluding carboxylic acids is 1. The molecule has 2 atom stereocenters. The molecule has 0 spiro atoms. The number of carbonyl (C=O) groups is 1. The second kappa shape index (κ2) is 6.37. The van der Waals surface area contributed by atoms with E-state index in [1.165, 1.54) is 4.90 Å². The standard InChI is InChI=1S/C15H19ClN2O3/c1-9(19)8-18(3)15(20)17-10(2)14-7-11-6-12(16)4-5-13(11)21-14/h4-7,9-10,19H,8H2,1-3H3,(H,17,20). The van der Waals surface area contributed by atoms with Crippen LogP contribution in [-0.2, 0) is 0 Å². The summed E-state index contributed by atoms with van der Waals surface area (Å²) in [6, 6.07) is 6.70. The smallest absolute Gasteiger partial charge is 0.317 e. The fourth-order valence-corrected chi connectivity index (χ4v) is 2.27. The number of fused-ring (bicyclic) bond motifs is 1. The average molecular weight is 311 g/mol. The lowest BCUT2D eigenvalue weighted by molar-refractivity contribution is 0.142. The van der Waals surface area contributed by atoms with Gasteiger partial charge in [-0.05, 0) is 38.1 Å². The maximum absolute atomic E-state index is 12.0. The van der Waals surface area contributed by atoms with Crippen molar-refractivity contribution in [2.75, 3.05) is 13.6 Å². The summed E-state index contributed by atoms with van der Waals surface area (Å²) >= 11 is 5.94. The molecule has 1 aromatic carbocycles. The Hall–Kier alpha value is -1.72. The van der Waals surface area contributed by atoms with E-state index in [2.05, 4.69) is 5.32 Å². The van der Waals surface area contributed by atoms with Crippen molar-refractivity contribution in [3.63, 3.8) is 0 Å². The molecule has 114 valence electrons. The normalized spacial score (nSPS) is 14.0. The molecule has 1 aromatic heterocycles. The summed E-state index contributed by atoms with van der Waals surface area (Å²) in [5.74, 6) is 0.658. The van der Waals surface area contributed by atoms with E-state index in [-0.39, 0.29) is 18.6 Å². The summed E-state index contributed by atoms with van der Waals surface area (Å²) < 4.78 is 5.71. The summed E-state index contributed by atoms with van der Waals surface area (Å²) in [7, 11) is 1.63. The number of amides is 2. The lowest BCUT2D eigenvalue weighted by atomic mass is 10.2. The molecule has 2 N–H and O–H groups in total. The highest BCUT2D eigenvalue weighted by atomic mass is 35.5. The van der Waals surface area contributed by atoms with Gasteiger partial charge in [0.2, 0.25) is 0 Å². The van der Waals surface area contributed by atoms with Crippen LogP contribution in [0.15, 0.2) is 28.7 Å². The van der Waals surface area contributed by atoms with Gasteiger partial charge in [-0.25, -0.2) is 4.79 Å². The van der Waals surface area contributed by atoms with Crippen LogP contribution in [0.25, 0.3) is 11.0 Å². The second-order valence-corrected chi connectivity index (χ2v) is 5.67. The maximum atomic E-state index is 12.0. The fraction of sp³-hybridized carbons (Fsp3) is 0.400. The Labute approximate surface area is 128 Å². The summed E-state index contributed by atoms with van der Waals surface area (Å²) in [6.45, 7) is 3.75. The minimum Gasteiger partial charge on any atom is -0.459 e. The van der Waals surface area contributed by atoms with Crippen molar-refractivity contribution >= 4 is 28.6 Å². The molecule has 0 fully saturated rings. The topological polar surface area (TPSA) is 65.7 Å². The molecule has 5 nitrogen and oxygen atoms in total. The lowest BCUT2D eigenvalue weighted by Crippen LogP contribution is -2.41. The molecule has 2 amide bonds. The van der Waals surface area contributed by atoms with Crippen molar-refractivity contribution in [2.45, 2.75) is 26.0 Å². The fourth-order valence-electron chi connectivity index (χ4n) is 2.09. The quantitative estimate of drug-likeness (QED) is 0.911. The van der Waals surface area contributed by atoms with Crippen LogP contribution in [0.2, 0.25) is 5.02 Å². The first kappa shape index (κ1) is 15.7. The van der Waals surface area contributed by atoms with Crippen molar-refractivity contribution in [1.82, 2.24) is 10.2 Å². The van der Waals surface area contributed by atoms with Gasteiger partial charge in [0.15, 0.2) is 0 Å². The van der Waals surface area contributed by atoms with Gasteiger partial charge in [-0.1, -0.05) is 11.6 Å². The van der Waals surface area contributed by atoms with E-state index in [9.17, 15) is 9.90 Å². The van der Waals surface area contributed by atoms with Crippen molar-refractivity contribution < 1.29 is 14.3 Å². The minimum absolute atomic E-state index is 0.262. The molecule has 0 bridgehead atoms. The van der Waals surface area contributed by atoms with E-state index in [0.717, 1.165) is 11.0 Å². The van der Waals surface area contributed by atoms with Crippen molar-refractivity contribution in [3.8, 4) is 0 Å². The van der Waals surface area contributed by atoms with Crippen LogP contribution in [0.1, 0.15) is 25.6 Å². The van der Waals surface area contributed by atoms with Crippen LogP contribution >= 0.6 is 11.6 Å². The molecular formula is C15H19ClN2O3. The monoisotopic (exact) mass is 310 g/mol. The van der Waals surface area contributed by atoms with Gasteiger partial charge in [-0.15, -0.1) is 0 Å². The predicted molar refractivity (Wildman–Crippen MR) is 82.5 cm³/mol. The SMILES string of the molecule is CC(O)CN(C)C(=O)NC(C)c1cc2cc(Cl)ccc2o1. The molecular weight excluding hydrogens is 292 g/mol. The number of urea groups is 1. The third-order valence-corrected chi connectivity index (χ3v) is 3.38. The largest absolute Gasteiger partial charge is 0.459 e. The van der Waals surface area contributed by atoms with Crippen LogP contribution in [0.3, 0.4) is 0 Å². The van der Waals surface area contributed by atoms with Gasteiger partial charge >= 0.3 is 6.03 Å². The number of hydrogen-bond donors (Lipinski definition) is 2. The number of likely N-dealkylation sites (N-methyl/N-ethyl adjacent to an activating group) is 1. The molecule has 2 rings (SSSR count). The van der Waals surface area contributed by atoms with E-state index in [0.29, 0.717) is 10.8 Å². The zero-order chi connectivity index (χ0) is 15.6. The first-order chi connectivity index (χ1) is 9.86. The van der Waals surface area contributed by atoms with Gasteiger partial charge in [0.25, 0.3) is 0 Å². The Kier molecular flexibility index (Phi) is 4.75. The van der Waals surface area contributed by atoms with Gasteiger partial charge in [0.05, 0.1) is 12.1 Å². The molecule has 2 aromatic rings. The highest BCUT2D eigenvalue weighted by Crippen LogP contribution is 2.26. The lowest BCUT2D eigenvalue weighted by Gasteiger charge is -2.21. The third-order valence-electron chi connectivity index (χ3n) is 3.15. The van der Waals surface area contributed by atoms with Crippen LogP contribution in [-0.4, -0.2) is 35.7 Å². The zero-order valence-electron chi connectivity index (χ0n) is 12.3. The molecule has 1 heterocycles. The van der Waals surface area contributed by atoms with Crippen molar-refractivity contribution in [1.29, 1.82) is 0 Å². The molecule has 6 heteroatoms. The number of aliphatic hydroxyl groups excluding tert-OH is 1. The van der Waals surface area contributed by atoms with Gasteiger partial charge in [-0.3, -0.25) is 0 Å². The molecule has 2 unspecified atom stereocenters. The van der Waals surface area contributed by atoms with Crippen LogP contribution in [0, 0.1) is 0 Å². The van der Waals surface area contributed by atoms with Gasteiger partial charge < -0.3 is 19.7 Å². The van der Waals surface area contributed by atoms with E-state index in [4.69, 9.17) is 16.0 Å². The number of nitrogens with zero attached hydrogens (tertiary/aromatic N) is 1. The first-order valence-electron chi connectivity index (χ1n) is 6.75. The number of aliphatic hydroxyl groups is 1. The summed E-state index contributed by atoms with van der Waals surface area (Å²) in [5.41, 5.74) is 0.729. The highest BCUT2D eigenvalue weighted by molar-refractivity contribution is 6.31. The van der Waals surface area contributed by atoms with E-state index >= 15 is 0 Å². The molecule has 0 saturated heterocycles. The average Bonchev–Trinajstić information content (AvgIpc) is 2.80. The summed E-state index contributed by atoms with van der Waals surface area (Å²) in [6.07, 6.45) is -0.565. The van der Waals surface area contributed by atoms with Gasteiger partial charge in [-0.2, -0.15) is 0 Å². The molecule has 0 aliphatic rings. The Morgan fingerprint density at radius 3 is 2.81 bits per heavy atom. The zero-order valence-corrected chi connectivity index (χ0v) is 13.0. The van der Waals surface area contributed by atoms with Crippen molar-refractivity contribution in [3.05, 3.63) is 35.0 Å². The van der Waals surface area contributed by atoms with Crippen LogP contribution < -0.4 is 5.32 Å². The molecule has 0 aliphatic heterocycles. The molecule has 0 aliphatic carbocycles. The highest BCUT2D eigenvalue weighted by Gasteiger charge is 2.17. The molecule has 21 heavy (non-hydrogen) atoms. The minimum atomic E-state index is -0.565. The van der Waals surface area contributed by atoms with Gasteiger partial charge in [0, 0.05) is 24.0 Å². The number of nitrogens with one attached hydrogen (secondary N) is 1. The molecule has 0 saturated carbocycles. The summed E-state index contributed by atoms with van der Waals surface area (Å²) in [4.78, 5) is 13.4. The van der Waals surface area contributed by atoms with E-state index in [1.807, 2.05) is 19.1 Å². The molecule has 0 radical (unpaired) electrons. The predicted octanol–water partition coefficient (Wildman–Crippen LogP) is 3.17. The van der Waals surface area contributed by atoms with E-state index < -0.39 is 6.10 Å². The second-order valence-electron chi connectivity index (χ2n) is 5.23. The Balaban J connectivity index is 2.07. The Morgan fingerprint density at radius 1 is 1.43 bits per heavy atom. The first-order valence-corrected chi connectivity index (χ1v) is 7.13. The van der Waals surface area contributed by atoms with Crippen molar-refractivity contribution in [2.24, 2.45) is 0 Å². The van der Waals surface area contributed by atoms with Crippen LogP contribution in [0.4, 0.5) is 4.79 Å². The Bertz CT molecular complexity index is 639. The number of furan rings is 1. The number of hydrogen-bond acceptors (Lipinski definition) is 3. The summed E-state index contributed by atoms with van der Waals surface area (Å²) in [5, 5.41) is 13.7. The van der Waals surface area contributed by atoms with Crippen LogP contribution in [0.5, 0.6) is 0 Å². The van der Waals surface area contributed by atoms with Gasteiger partial charge in [0.1, 0.15) is 11.3 Å². The Morgan fingerprint density at radius 2 is 2.14 bits per heavy atom. The number of rotatable bonds is 4.